The van der Waals surface area contributed by atoms with Gasteiger partial charge in [-0.25, -0.2) is 4.57 Å². The number of amides is 7. The number of primary amides is 1. The van der Waals surface area contributed by atoms with E-state index in [9.17, 15) is 62.7 Å². The fourth-order valence-corrected chi connectivity index (χ4v) is 5.28. The first kappa shape index (κ1) is 49.8. The Morgan fingerprint density at radius 2 is 1.17 bits per heavy atom. The molecule has 0 aliphatic rings. The number of pyridine rings is 1. The van der Waals surface area contributed by atoms with Crippen molar-refractivity contribution < 1.29 is 82.1 Å². The first-order valence-corrected chi connectivity index (χ1v) is 18.7. The second kappa shape index (κ2) is 23.1. The van der Waals surface area contributed by atoms with Gasteiger partial charge in [-0.15, -0.1) is 0 Å². The lowest BCUT2D eigenvalue weighted by Crippen LogP contribution is -2.60. The van der Waals surface area contributed by atoms with Gasteiger partial charge in [-0.3, -0.25) is 62.7 Å². The molecule has 0 radical (unpaired) electrons. The Labute approximate surface area is 329 Å². The molecule has 0 saturated carbocycles. The lowest BCUT2D eigenvalue weighted by Gasteiger charge is -2.26. The van der Waals surface area contributed by atoms with Crippen molar-refractivity contribution in [1.82, 2.24) is 36.9 Å². The number of carboxylic acids is 3. The van der Waals surface area contributed by atoms with E-state index >= 15 is 0 Å². The van der Waals surface area contributed by atoms with Crippen molar-refractivity contribution in [2.75, 3.05) is 0 Å². The predicted octanol–water partition coefficient (Wildman–Crippen LogP) is -3.61. The normalized spacial score (nSPS) is 14.2. The number of carboxylic acid groups (broad SMARTS) is 3. The number of hydrogen-bond donors (Lipinski definition) is 12. The Kier molecular flexibility index (Phi) is 19.9. The molecule has 26 heteroatoms. The summed E-state index contributed by atoms with van der Waals surface area (Å²) in [6.45, 7) is 5.54. The topological polar surface area (TPSA) is 409 Å². The molecule has 58 heavy (non-hydrogen) atoms. The number of carbonyl (C=O) groups excluding carboxylic acids is 7. The highest BCUT2D eigenvalue weighted by atomic mass is 31.2. The third kappa shape index (κ3) is 19.6. The molecule has 1 aromatic rings. The monoisotopic (exact) mass is 846 g/mol. The Bertz CT molecular complexity index is 1740. The molecule has 6 atom stereocenters. The maximum absolute atomic E-state index is 13.7. The molecule has 322 valence electrons. The molecule has 1 heterocycles. The molecule has 25 nitrogen and oxygen atoms in total. The zero-order chi connectivity index (χ0) is 44.5. The molecule has 0 aromatic carbocycles. The van der Waals surface area contributed by atoms with Gasteiger partial charge in [0.15, 0.2) is 0 Å². The Hall–Kier alpha value is -6.20. The molecular formula is C32H47N8O17P. The molecule has 0 saturated heterocycles. The van der Waals surface area contributed by atoms with Gasteiger partial charge in [0, 0.05) is 25.5 Å². The minimum absolute atomic E-state index is 0.0147. The van der Waals surface area contributed by atoms with Gasteiger partial charge in [0.2, 0.25) is 41.4 Å². The number of rotatable bonds is 25. The molecule has 1 rings (SSSR count). The smallest absolute Gasteiger partial charge is 0.481 e. The van der Waals surface area contributed by atoms with Crippen LogP contribution >= 0.6 is 7.82 Å². The summed E-state index contributed by atoms with van der Waals surface area (Å²) in [4.78, 5) is 146. The Morgan fingerprint density at radius 1 is 0.690 bits per heavy atom. The molecule has 1 aromatic heterocycles. The van der Waals surface area contributed by atoms with E-state index in [0.717, 1.165) is 26.1 Å². The molecule has 0 aliphatic carbocycles. The van der Waals surface area contributed by atoms with Crippen LogP contribution in [0, 0.1) is 5.92 Å². The molecular weight excluding hydrogens is 799 g/mol. The van der Waals surface area contributed by atoms with Gasteiger partial charge >= 0.3 is 25.7 Å². The third-order valence-corrected chi connectivity index (χ3v) is 8.00. The maximum atomic E-state index is 13.7. The molecule has 13 N–H and O–H groups in total. The van der Waals surface area contributed by atoms with Crippen LogP contribution in [0.1, 0.15) is 65.5 Å². The highest BCUT2D eigenvalue weighted by Crippen LogP contribution is 2.37. The summed E-state index contributed by atoms with van der Waals surface area (Å²) in [5, 5.41) is 41.0. The van der Waals surface area contributed by atoms with Crippen molar-refractivity contribution in [3.05, 3.63) is 24.0 Å². The van der Waals surface area contributed by atoms with Gasteiger partial charge in [-0.05, 0) is 37.8 Å². The summed E-state index contributed by atoms with van der Waals surface area (Å²) in [7, 11) is -4.97. The number of phosphoric ester groups is 1. The van der Waals surface area contributed by atoms with Crippen LogP contribution in [0.15, 0.2) is 18.3 Å². The summed E-state index contributed by atoms with van der Waals surface area (Å²) >= 11 is 0. The first-order valence-electron chi connectivity index (χ1n) is 17.2. The highest BCUT2D eigenvalue weighted by molar-refractivity contribution is 7.46. The summed E-state index contributed by atoms with van der Waals surface area (Å²) in [5.74, 6) is -12.6. The quantitative estimate of drug-likeness (QED) is 0.0423. The largest absolute Gasteiger partial charge is 0.524 e. The van der Waals surface area contributed by atoms with Crippen molar-refractivity contribution in [1.29, 1.82) is 0 Å². The fourth-order valence-electron chi connectivity index (χ4n) is 4.90. The van der Waals surface area contributed by atoms with E-state index in [4.69, 9.17) is 20.6 Å². The average Bonchev–Trinajstić information content (AvgIpc) is 3.07. The van der Waals surface area contributed by atoms with Gasteiger partial charge in [-0.2, -0.15) is 0 Å². The average molecular weight is 847 g/mol. The van der Waals surface area contributed by atoms with E-state index in [-0.39, 0.29) is 23.8 Å². The van der Waals surface area contributed by atoms with Crippen LogP contribution in [0.5, 0.6) is 5.75 Å². The van der Waals surface area contributed by atoms with Crippen LogP contribution in [0.25, 0.3) is 0 Å². The minimum atomic E-state index is -4.97. The fraction of sp³-hybridized carbons (Fsp3) is 0.531. The number of aliphatic carboxylic acids is 3. The van der Waals surface area contributed by atoms with E-state index in [0.29, 0.717) is 0 Å². The molecule has 0 aliphatic heterocycles. The molecule has 0 fully saturated rings. The van der Waals surface area contributed by atoms with Crippen molar-refractivity contribution in [2.45, 2.75) is 102 Å². The number of nitrogens with zero attached hydrogens (tertiary/aromatic N) is 1. The van der Waals surface area contributed by atoms with Crippen LogP contribution in [0.2, 0.25) is 0 Å². The first-order chi connectivity index (χ1) is 26.8. The Morgan fingerprint density at radius 3 is 1.64 bits per heavy atom. The van der Waals surface area contributed by atoms with E-state index in [1.807, 2.05) is 0 Å². The van der Waals surface area contributed by atoms with Crippen molar-refractivity contribution in [3.63, 3.8) is 0 Å². The third-order valence-electron chi connectivity index (χ3n) is 7.55. The van der Waals surface area contributed by atoms with Crippen LogP contribution in [-0.2, 0) is 58.9 Å². The molecule has 0 unspecified atom stereocenters. The SMILES string of the molecule is CC(=O)N[C@@H](CC(=O)O)C(=O)N[C@@H](C)C(=O)N[C@@H](CC(=O)O)C(=O)N[C@@H](CCC(=O)O)C(=O)N[C@@H](Cc1ccc(OP(=O)(O)O)cn1)C(=O)N[C@@H](CC(C)C)C(N)=O. The number of carbonyl (C=O) groups is 10. The maximum Gasteiger partial charge on any atom is 0.524 e. The lowest BCUT2D eigenvalue weighted by molar-refractivity contribution is -0.141. The van der Waals surface area contributed by atoms with Gasteiger partial charge in [0.05, 0.1) is 19.0 Å². The number of hydrogen-bond acceptors (Lipinski definition) is 13. The van der Waals surface area contributed by atoms with Crippen LogP contribution in [0.3, 0.4) is 0 Å². The van der Waals surface area contributed by atoms with E-state index < -0.39 is 135 Å². The van der Waals surface area contributed by atoms with Crippen LogP contribution in [-0.4, -0.2) is 126 Å². The van der Waals surface area contributed by atoms with Crippen molar-refractivity contribution in [2.24, 2.45) is 11.7 Å². The number of nitrogens with two attached hydrogens (primary N) is 1. The molecule has 0 bridgehead atoms. The number of nitrogens with one attached hydrogen (secondary N) is 6. The number of aromatic nitrogens is 1. The van der Waals surface area contributed by atoms with E-state index in [1.54, 1.807) is 13.8 Å². The standard InChI is InChI=1S/C32H47N8O17P/c1-14(2)9-20(27(33)48)38-31(52)21(10-17-5-6-18(13-34-17)57-58(54,55)56)40-29(50)19(7-8-24(42)43)37-32(53)23(12-26(46)47)39-28(49)15(3)35-30(51)22(11-25(44)45)36-16(4)41/h5-6,13-15,19-23H,7-12H2,1-4H3,(H2,33,48)(H,35,51)(H,36,41)(H,37,53)(H,38,52)(H,39,49)(H,40,50)(H,42,43)(H,44,45)(H,46,47)(H2,54,55,56)/t15-,19-,20-,21-,22-,23-/m0/s1. The predicted molar refractivity (Wildman–Crippen MR) is 194 cm³/mol. The van der Waals surface area contributed by atoms with Gasteiger partial charge in [0.25, 0.3) is 0 Å². The lowest BCUT2D eigenvalue weighted by atomic mass is 10.0. The van der Waals surface area contributed by atoms with Crippen molar-refractivity contribution >= 4 is 67.1 Å². The van der Waals surface area contributed by atoms with E-state index in [2.05, 4.69) is 41.4 Å². The van der Waals surface area contributed by atoms with Crippen molar-refractivity contribution in [3.8, 4) is 5.75 Å². The van der Waals surface area contributed by atoms with Crippen LogP contribution in [0.4, 0.5) is 0 Å². The summed E-state index contributed by atoms with van der Waals surface area (Å²) in [6, 6.07) is -7.59. The second-order valence-corrected chi connectivity index (χ2v) is 14.3. The molecule has 7 amide bonds. The summed E-state index contributed by atoms with van der Waals surface area (Å²) in [5.41, 5.74) is 5.46. The van der Waals surface area contributed by atoms with Gasteiger partial charge in [-0.1, -0.05) is 13.8 Å². The zero-order valence-electron chi connectivity index (χ0n) is 31.6. The highest BCUT2D eigenvalue weighted by Gasteiger charge is 2.34. The second-order valence-electron chi connectivity index (χ2n) is 13.2. The van der Waals surface area contributed by atoms with Crippen LogP contribution < -0.4 is 42.2 Å². The minimum Gasteiger partial charge on any atom is -0.481 e. The number of phosphoric acid groups is 1. The molecule has 0 spiro atoms. The van der Waals surface area contributed by atoms with Gasteiger partial charge < -0.3 is 57.5 Å². The van der Waals surface area contributed by atoms with E-state index in [1.165, 1.54) is 6.07 Å². The summed E-state index contributed by atoms with van der Waals surface area (Å²) < 4.78 is 15.6. The van der Waals surface area contributed by atoms with Gasteiger partial charge in [0.1, 0.15) is 42.0 Å². The summed E-state index contributed by atoms with van der Waals surface area (Å²) in [6.07, 6.45) is -2.90. The zero-order valence-corrected chi connectivity index (χ0v) is 32.5. The Balaban J connectivity index is 3.41.